The number of morpholine rings is 1. The van der Waals surface area contributed by atoms with Crippen molar-refractivity contribution in [1.82, 2.24) is 4.90 Å². The zero-order valence-corrected chi connectivity index (χ0v) is 11.6. The van der Waals surface area contributed by atoms with Crippen molar-refractivity contribution in [3.63, 3.8) is 0 Å². The van der Waals surface area contributed by atoms with Crippen LogP contribution in [-0.2, 0) is 4.74 Å². The van der Waals surface area contributed by atoms with Gasteiger partial charge < -0.3 is 9.47 Å². The molecule has 1 fully saturated rings. The molecular weight excluding hydrogens is 242 g/mol. The normalized spacial score (nSPS) is 20.2. The van der Waals surface area contributed by atoms with E-state index in [-0.39, 0.29) is 11.8 Å². The highest BCUT2D eigenvalue weighted by Crippen LogP contribution is 2.19. The van der Waals surface area contributed by atoms with Crippen LogP contribution in [0.4, 0.5) is 0 Å². The maximum absolute atomic E-state index is 12.4. The zero-order chi connectivity index (χ0) is 13.7. The van der Waals surface area contributed by atoms with Crippen LogP contribution in [0.15, 0.2) is 24.3 Å². The average Bonchev–Trinajstić information content (AvgIpc) is 2.42. The van der Waals surface area contributed by atoms with Crippen molar-refractivity contribution < 1.29 is 14.3 Å². The Kier molecular flexibility index (Phi) is 4.93. The molecule has 1 aromatic carbocycles. The monoisotopic (exact) mass is 263 g/mol. The molecule has 0 spiro atoms. The van der Waals surface area contributed by atoms with Gasteiger partial charge in [-0.2, -0.15) is 0 Å². The number of ether oxygens (including phenoxy) is 2. The topological polar surface area (TPSA) is 38.8 Å². The number of carbonyl (C=O) groups is 1. The molecule has 0 amide bonds. The first-order valence-electron chi connectivity index (χ1n) is 6.79. The van der Waals surface area contributed by atoms with Crippen LogP contribution < -0.4 is 4.74 Å². The summed E-state index contributed by atoms with van der Waals surface area (Å²) in [6, 6.07) is 7.73. The second kappa shape index (κ2) is 6.68. The van der Waals surface area contributed by atoms with Gasteiger partial charge in [-0.15, -0.1) is 0 Å². The fraction of sp³-hybridized carbons (Fsp3) is 0.533. The lowest BCUT2D eigenvalue weighted by atomic mass is 10.1. The predicted molar refractivity (Wildman–Crippen MR) is 73.8 cm³/mol. The lowest BCUT2D eigenvalue weighted by Crippen LogP contribution is -2.46. The van der Waals surface area contributed by atoms with Gasteiger partial charge >= 0.3 is 0 Å². The summed E-state index contributed by atoms with van der Waals surface area (Å²) in [6.45, 7) is 7.20. The van der Waals surface area contributed by atoms with Gasteiger partial charge in [0.1, 0.15) is 5.75 Å². The smallest absolute Gasteiger partial charge is 0.180 e. The van der Waals surface area contributed by atoms with Gasteiger partial charge in [0.15, 0.2) is 5.78 Å². The van der Waals surface area contributed by atoms with Crippen LogP contribution in [0.3, 0.4) is 0 Å². The first kappa shape index (κ1) is 14.0. The van der Waals surface area contributed by atoms with Crippen molar-refractivity contribution >= 4 is 5.78 Å². The maximum atomic E-state index is 12.4. The largest absolute Gasteiger partial charge is 0.493 e. The van der Waals surface area contributed by atoms with Crippen LogP contribution >= 0.6 is 0 Å². The van der Waals surface area contributed by atoms with E-state index >= 15 is 0 Å². The highest BCUT2D eigenvalue weighted by atomic mass is 16.5. The highest BCUT2D eigenvalue weighted by Gasteiger charge is 2.22. The molecule has 1 aromatic rings. The number of hydrogen-bond donors (Lipinski definition) is 0. The predicted octanol–water partition coefficient (Wildman–Crippen LogP) is 1.99. The van der Waals surface area contributed by atoms with Crippen molar-refractivity contribution in [2.75, 3.05) is 32.9 Å². The van der Waals surface area contributed by atoms with Gasteiger partial charge in [-0.05, 0) is 26.0 Å². The molecule has 1 aliphatic heterocycles. The van der Waals surface area contributed by atoms with Gasteiger partial charge in [-0.1, -0.05) is 12.1 Å². The fourth-order valence-electron chi connectivity index (χ4n) is 2.24. The molecule has 4 heteroatoms. The number of rotatable bonds is 5. The SMILES string of the molecule is CCOc1ccccc1C(=O)CN1CCOCC1C. The van der Waals surface area contributed by atoms with Crippen molar-refractivity contribution in [3.05, 3.63) is 29.8 Å². The number of benzene rings is 1. The van der Waals surface area contributed by atoms with Gasteiger partial charge in [-0.3, -0.25) is 9.69 Å². The molecular formula is C15H21NO3. The molecule has 2 rings (SSSR count). The zero-order valence-electron chi connectivity index (χ0n) is 11.6. The van der Waals surface area contributed by atoms with E-state index in [1.54, 1.807) is 0 Å². The summed E-state index contributed by atoms with van der Waals surface area (Å²) in [6.07, 6.45) is 0. The summed E-state index contributed by atoms with van der Waals surface area (Å²) in [5.41, 5.74) is 0.669. The van der Waals surface area contributed by atoms with Crippen LogP contribution in [0.1, 0.15) is 24.2 Å². The lowest BCUT2D eigenvalue weighted by molar-refractivity contribution is 0.00197. The Morgan fingerprint density at radius 1 is 1.47 bits per heavy atom. The average molecular weight is 263 g/mol. The van der Waals surface area contributed by atoms with E-state index in [2.05, 4.69) is 11.8 Å². The number of hydrogen-bond acceptors (Lipinski definition) is 4. The molecule has 1 atom stereocenters. The second-order valence-electron chi connectivity index (χ2n) is 4.75. The van der Waals surface area contributed by atoms with Crippen molar-refractivity contribution in [2.45, 2.75) is 19.9 Å². The molecule has 0 N–H and O–H groups in total. The van der Waals surface area contributed by atoms with Crippen LogP contribution in [0, 0.1) is 0 Å². The summed E-state index contributed by atoms with van der Waals surface area (Å²) in [5, 5.41) is 0. The quantitative estimate of drug-likeness (QED) is 0.762. The van der Waals surface area contributed by atoms with E-state index in [1.165, 1.54) is 0 Å². The Bertz CT molecular complexity index is 433. The first-order chi connectivity index (χ1) is 9.22. The second-order valence-corrected chi connectivity index (χ2v) is 4.75. The van der Waals surface area contributed by atoms with Gasteiger partial charge in [0.2, 0.25) is 0 Å². The molecule has 1 saturated heterocycles. The molecule has 19 heavy (non-hydrogen) atoms. The fourth-order valence-corrected chi connectivity index (χ4v) is 2.24. The van der Waals surface area contributed by atoms with Crippen LogP contribution in [0.2, 0.25) is 0 Å². The molecule has 1 heterocycles. The van der Waals surface area contributed by atoms with Gasteiger partial charge in [0.25, 0.3) is 0 Å². The van der Waals surface area contributed by atoms with E-state index in [0.717, 1.165) is 6.54 Å². The summed E-state index contributed by atoms with van der Waals surface area (Å²) >= 11 is 0. The summed E-state index contributed by atoms with van der Waals surface area (Å²) in [4.78, 5) is 14.6. The third-order valence-electron chi connectivity index (χ3n) is 3.34. The van der Waals surface area contributed by atoms with Crippen molar-refractivity contribution in [3.8, 4) is 5.75 Å². The van der Waals surface area contributed by atoms with E-state index in [0.29, 0.717) is 37.7 Å². The Labute approximate surface area is 114 Å². The van der Waals surface area contributed by atoms with Gasteiger partial charge in [0, 0.05) is 12.6 Å². The summed E-state index contributed by atoms with van der Waals surface area (Å²) in [7, 11) is 0. The highest BCUT2D eigenvalue weighted by molar-refractivity contribution is 6.00. The number of nitrogens with zero attached hydrogens (tertiary/aromatic N) is 1. The Morgan fingerprint density at radius 3 is 3.00 bits per heavy atom. The van der Waals surface area contributed by atoms with Crippen LogP contribution in [0.25, 0.3) is 0 Å². The minimum Gasteiger partial charge on any atom is -0.493 e. The molecule has 0 aromatic heterocycles. The maximum Gasteiger partial charge on any atom is 0.180 e. The minimum absolute atomic E-state index is 0.109. The van der Waals surface area contributed by atoms with Gasteiger partial charge in [-0.25, -0.2) is 0 Å². The van der Waals surface area contributed by atoms with Crippen molar-refractivity contribution in [1.29, 1.82) is 0 Å². The lowest BCUT2D eigenvalue weighted by Gasteiger charge is -2.32. The molecule has 0 radical (unpaired) electrons. The van der Waals surface area contributed by atoms with Crippen LogP contribution in [-0.4, -0.2) is 49.6 Å². The van der Waals surface area contributed by atoms with Crippen molar-refractivity contribution in [2.24, 2.45) is 0 Å². The minimum atomic E-state index is 0.109. The number of carbonyl (C=O) groups excluding carboxylic acids is 1. The third-order valence-corrected chi connectivity index (χ3v) is 3.34. The Balaban J connectivity index is 2.06. The molecule has 4 nitrogen and oxygen atoms in total. The molecule has 0 saturated carbocycles. The third kappa shape index (κ3) is 3.55. The Morgan fingerprint density at radius 2 is 2.26 bits per heavy atom. The number of Topliss-reactive ketones (excluding diaryl/α,β-unsaturated/α-hetero) is 1. The van der Waals surface area contributed by atoms with E-state index in [9.17, 15) is 4.79 Å². The number of ketones is 1. The molecule has 1 unspecified atom stereocenters. The van der Waals surface area contributed by atoms with E-state index < -0.39 is 0 Å². The number of para-hydroxylation sites is 1. The Hall–Kier alpha value is -1.39. The molecule has 0 aliphatic carbocycles. The molecule has 1 aliphatic rings. The van der Waals surface area contributed by atoms with E-state index in [4.69, 9.17) is 9.47 Å². The van der Waals surface area contributed by atoms with E-state index in [1.807, 2.05) is 31.2 Å². The summed E-state index contributed by atoms with van der Waals surface area (Å²) in [5.74, 6) is 0.786. The molecule has 0 bridgehead atoms. The molecule has 104 valence electrons. The summed E-state index contributed by atoms with van der Waals surface area (Å²) < 4.78 is 10.9. The standard InChI is InChI=1S/C15H21NO3/c1-3-19-15-7-5-4-6-13(15)14(17)10-16-8-9-18-11-12(16)2/h4-7,12H,3,8-11H2,1-2H3. The first-order valence-corrected chi connectivity index (χ1v) is 6.79. The van der Waals surface area contributed by atoms with Gasteiger partial charge in [0.05, 0.1) is 31.9 Å². The van der Waals surface area contributed by atoms with Crippen LogP contribution in [0.5, 0.6) is 5.75 Å².